The smallest absolute Gasteiger partial charge is 0.183 e. The van der Waals surface area contributed by atoms with Gasteiger partial charge in [-0.1, -0.05) is 0 Å². The maximum atomic E-state index is 6.71. The van der Waals surface area contributed by atoms with Crippen molar-refractivity contribution in [3.05, 3.63) is 59.8 Å². The van der Waals surface area contributed by atoms with Crippen molar-refractivity contribution in [3.63, 3.8) is 0 Å². The molecule has 0 aromatic carbocycles. The Morgan fingerprint density at radius 1 is 1.06 bits per heavy atom. The number of piperidine rings is 1. The number of hydrogen-bond donors (Lipinski definition) is 2. The van der Waals surface area contributed by atoms with E-state index in [4.69, 9.17) is 15.7 Å². The summed E-state index contributed by atoms with van der Waals surface area (Å²) in [5, 5.41) is 7.73. The van der Waals surface area contributed by atoms with Gasteiger partial charge in [-0.15, -0.1) is 0 Å². The fourth-order valence-corrected chi connectivity index (χ4v) is 6.10. The summed E-state index contributed by atoms with van der Waals surface area (Å²) >= 11 is 0. The molecule has 4 aromatic rings. The van der Waals surface area contributed by atoms with Gasteiger partial charge in [0.05, 0.1) is 17.6 Å². The molecule has 2 aliphatic heterocycles. The lowest BCUT2D eigenvalue weighted by molar-refractivity contribution is 0.187. The number of anilines is 3. The number of nitrogens with two attached hydrogens (primary N) is 1. The third-order valence-electron chi connectivity index (χ3n) is 8.01. The van der Waals surface area contributed by atoms with Crippen molar-refractivity contribution in [1.82, 2.24) is 30.1 Å². The Bertz CT molecular complexity index is 1370. The molecule has 34 heavy (non-hydrogen) atoms. The monoisotopic (exact) mass is 453 g/mol. The number of H-pyrrole nitrogens is 1. The number of rotatable bonds is 2. The van der Waals surface area contributed by atoms with Gasteiger partial charge in [-0.3, -0.25) is 15.1 Å². The Balaban J connectivity index is 1.13. The third-order valence-corrected chi connectivity index (χ3v) is 8.01. The summed E-state index contributed by atoms with van der Waals surface area (Å²) in [6.07, 6.45) is 12.7. The number of aromatic nitrogens is 6. The summed E-state index contributed by atoms with van der Waals surface area (Å²) in [5.74, 6) is 1.72. The van der Waals surface area contributed by atoms with Gasteiger partial charge in [0.1, 0.15) is 5.82 Å². The number of aryl methyl sites for hydroxylation is 1. The fraction of sp³-hybridized carbons (Fsp3) is 0.400. The molecule has 0 bridgehead atoms. The maximum Gasteiger partial charge on any atom is 0.183 e. The van der Waals surface area contributed by atoms with E-state index in [-0.39, 0.29) is 11.5 Å². The molecular weight excluding hydrogens is 426 g/mol. The molecule has 0 amide bonds. The Morgan fingerprint density at radius 2 is 1.97 bits per heavy atom. The molecule has 3 N–H and O–H groups in total. The van der Waals surface area contributed by atoms with Crippen LogP contribution < -0.4 is 15.5 Å². The summed E-state index contributed by atoms with van der Waals surface area (Å²) in [5.41, 5.74) is 13.2. The van der Waals surface area contributed by atoms with Crippen LogP contribution in [0.25, 0.3) is 11.2 Å². The minimum atomic E-state index is 0.0592. The van der Waals surface area contributed by atoms with E-state index in [1.807, 2.05) is 30.9 Å². The molecule has 7 rings (SSSR count). The highest BCUT2D eigenvalue weighted by atomic mass is 15.3. The van der Waals surface area contributed by atoms with Crippen LogP contribution in [0.15, 0.2) is 43.0 Å². The van der Waals surface area contributed by atoms with Gasteiger partial charge in [0, 0.05) is 44.3 Å². The Hall–Kier alpha value is -3.59. The van der Waals surface area contributed by atoms with E-state index in [1.54, 1.807) is 0 Å². The van der Waals surface area contributed by atoms with E-state index >= 15 is 0 Å². The second-order valence-corrected chi connectivity index (χ2v) is 9.78. The highest BCUT2D eigenvalue weighted by Crippen LogP contribution is 2.50. The molecule has 1 saturated heterocycles. The van der Waals surface area contributed by atoms with Crippen molar-refractivity contribution < 1.29 is 0 Å². The van der Waals surface area contributed by atoms with E-state index < -0.39 is 0 Å². The lowest BCUT2D eigenvalue weighted by Crippen LogP contribution is -2.44. The van der Waals surface area contributed by atoms with Gasteiger partial charge in [-0.05, 0) is 66.8 Å². The van der Waals surface area contributed by atoms with Gasteiger partial charge in [0.2, 0.25) is 0 Å². The standard InChI is InChI=1S/C25H27N9/c26-22-17-14-27-9-5-16(17)13-25(22)6-11-33(12-7-25)20-15-29-21-23(30-20)31-32-24(21)34-10-2-3-18-19(34)4-1-8-28-18/h1,4-5,8-9,14-15,22H,2-3,6-7,10-13,26H2,(H,30,31,32)/t22-/m1/s1. The fourth-order valence-electron chi connectivity index (χ4n) is 6.10. The summed E-state index contributed by atoms with van der Waals surface area (Å²) in [6.45, 7) is 2.73. The Morgan fingerprint density at radius 3 is 2.85 bits per heavy atom. The SMILES string of the molecule is N[C@@H]1c2cnccc2CC12CCN(c1cnc3c(N4CCCc5ncccc54)n[nH]c3n1)CC2. The molecule has 6 heterocycles. The predicted octanol–water partition coefficient (Wildman–Crippen LogP) is 3.07. The van der Waals surface area contributed by atoms with Crippen LogP contribution in [-0.4, -0.2) is 49.8 Å². The summed E-state index contributed by atoms with van der Waals surface area (Å²) < 4.78 is 0. The van der Waals surface area contributed by atoms with Gasteiger partial charge >= 0.3 is 0 Å². The van der Waals surface area contributed by atoms with Crippen LogP contribution in [0.1, 0.15) is 42.1 Å². The number of aromatic amines is 1. The number of pyridine rings is 2. The average molecular weight is 454 g/mol. The third kappa shape index (κ3) is 2.93. The first-order valence-corrected chi connectivity index (χ1v) is 12.1. The van der Waals surface area contributed by atoms with Crippen molar-refractivity contribution in [1.29, 1.82) is 0 Å². The first-order valence-electron chi connectivity index (χ1n) is 12.1. The topological polar surface area (TPSA) is 113 Å². The molecule has 9 nitrogen and oxygen atoms in total. The molecule has 3 aliphatic rings. The zero-order valence-electron chi connectivity index (χ0n) is 19.0. The summed E-state index contributed by atoms with van der Waals surface area (Å²) in [7, 11) is 0. The molecule has 4 aromatic heterocycles. The molecule has 172 valence electrons. The maximum absolute atomic E-state index is 6.71. The van der Waals surface area contributed by atoms with Crippen LogP contribution in [0.2, 0.25) is 0 Å². The quantitative estimate of drug-likeness (QED) is 0.476. The predicted molar refractivity (Wildman–Crippen MR) is 130 cm³/mol. The van der Waals surface area contributed by atoms with Crippen LogP contribution >= 0.6 is 0 Å². The van der Waals surface area contributed by atoms with Crippen LogP contribution in [0.5, 0.6) is 0 Å². The highest BCUT2D eigenvalue weighted by Gasteiger charge is 2.46. The number of fused-ring (bicyclic) bond motifs is 3. The zero-order valence-corrected chi connectivity index (χ0v) is 19.0. The van der Waals surface area contributed by atoms with Gasteiger partial charge in [-0.2, -0.15) is 5.10 Å². The Labute approximate surface area is 197 Å². The molecule has 0 radical (unpaired) electrons. The average Bonchev–Trinajstić information content (AvgIpc) is 3.43. The van der Waals surface area contributed by atoms with Crippen molar-refractivity contribution in [2.75, 3.05) is 29.4 Å². The second-order valence-electron chi connectivity index (χ2n) is 9.78. The van der Waals surface area contributed by atoms with Crippen molar-refractivity contribution >= 4 is 28.5 Å². The number of nitrogens with zero attached hydrogens (tertiary/aromatic N) is 7. The number of hydrogen-bond acceptors (Lipinski definition) is 8. The Kier molecular flexibility index (Phi) is 4.35. The summed E-state index contributed by atoms with van der Waals surface area (Å²) in [4.78, 5) is 23.1. The van der Waals surface area contributed by atoms with Crippen LogP contribution in [0.3, 0.4) is 0 Å². The molecule has 0 unspecified atom stereocenters. The van der Waals surface area contributed by atoms with E-state index in [9.17, 15) is 0 Å². The molecule has 1 fully saturated rings. The first kappa shape index (κ1) is 19.8. The van der Waals surface area contributed by atoms with Crippen LogP contribution in [0.4, 0.5) is 17.3 Å². The molecular formula is C25H27N9. The minimum Gasteiger partial charge on any atom is -0.355 e. The molecule has 0 saturated carbocycles. The van der Waals surface area contributed by atoms with E-state index in [2.05, 4.69) is 42.1 Å². The van der Waals surface area contributed by atoms with E-state index in [1.165, 1.54) is 11.1 Å². The van der Waals surface area contributed by atoms with Gasteiger partial charge < -0.3 is 15.5 Å². The van der Waals surface area contributed by atoms with Crippen LogP contribution in [-0.2, 0) is 12.8 Å². The van der Waals surface area contributed by atoms with Crippen molar-refractivity contribution in [2.24, 2.45) is 11.1 Å². The lowest BCUT2D eigenvalue weighted by atomic mass is 9.73. The van der Waals surface area contributed by atoms with Gasteiger partial charge in [-0.25, -0.2) is 9.97 Å². The van der Waals surface area contributed by atoms with Crippen LogP contribution in [0, 0.1) is 5.41 Å². The summed E-state index contributed by atoms with van der Waals surface area (Å²) in [6, 6.07) is 6.27. The zero-order chi connectivity index (χ0) is 22.7. The van der Waals surface area contributed by atoms with E-state index in [0.717, 1.165) is 85.9 Å². The first-order chi connectivity index (χ1) is 16.7. The van der Waals surface area contributed by atoms with Crippen molar-refractivity contribution in [3.8, 4) is 0 Å². The lowest BCUT2D eigenvalue weighted by Gasteiger charge is -2.42. The largest absolute Gasteiger partial charge is 0.355 e. The van der Waals surface area contributed by atoms with Gasteiger partial charge in [0.15, 0.2) is 17.0 Å². The highest BCUT2D eigenvalue weighted by molar-refractivity contribution is 5.87. The van der Waals surface area contributed by atoms with Crippen molar-refractivity contribution in [2.45, 2.75) is 38.1 Å². The minimum absolute atomic E-state index is 0.0592. The molecule has 1 atom stereocenters. The van der Waals surface area contributed by atoms with E-state index in [0.29, 0.717) is 0 Å². The normalized spacial score (nSPS) is 21.1. The second kappa shape index (κ2) is 7.46. The van der Waals surface area contributed by atoms with Gasteiger partial charge in [0.25, 0.3) is 0 Å². The molecule has 1 spiro atoms. The molecule has 9 heteroatoms. The number of nitrogens with one attached hydrogen (secondary N) is 1. The molecule has 1 aliphatic carbocycles.